The number of hydrogen-bond acceptors (Lipinski definition) is 2. The fourth-order valence-electron chi connectivity index (χ4n) is 0.755. The van der Waals surface area contributed by atoms with Crippen molar-refractivity contribution in [3.05, 3.63) is 29.3 Å². The predicted molar refractivity (Wildman–Crippen MR) is 55.5 cm³/mol. The Hall–Kier alpha value is -0.890. The highest BCUT2D eigenvalue weighted by molar-refractivity contribution is 6.28. The minimum Gasteiger partial charge on any atom is -0.226 e. The van der Waals surface area contributed by atoms with Crippen molar-refractivity contribution in [1.82, 2.24) is 9.97 Å². The van der Waals surface area contributed by atoms with Gasteiger partial charge in [-0.05, 0) is 17.0 Å². The molecule has 0 aromatic carbocycles. The molecular formula is C10H13ClN2. The van der Waals surface area contributed by atoms with E-state index >= 15 is 0 Å². The SMILES string of the molecule is CC(C)(C)/C=C/c1cnc(Cl)nc1. The van der Waals surface area contributed by atoms with Gasteiger partial charge in [0, 0.05) is 18.0 Å². The standard InChI is InChI=1S/C10H13ClN2/c1-10(2,3)5-4-8-6-12-9(11)13-7-8/h4-7H,1-3H3/b5-4+. The van der Waals surface area contributed by atoms with Crippen LogP contribution in [0.1, 0.15) is 26.3 Å². The van der Waals surface area contributed by atoms with Gasteiger partial charge in [0.1, 0.15) is 0 Å². The highest BCUT2D eigenvalue weighted by atomic mass is 35.5. The fourth-order valence-corrected chi connectivity index (χ4v) is 0.852. The molecule has 0 N–H and O–H groups in total. The van der Waals surface area contributed by atoms with Gasteiger partial charge in [-0.1, -0.05) is 32.9 Å². The van der Waals surface area contributed by atoms with Crippen LogP contribution in [0, 0.1) is 5.41 Å². The monoisotopic (exact) mass is 196 g/mol. The summed E-state index contributed by atoms with van der Waals surface area (Å²) in [6.45, 7) is 6.42. The van der Waals surface area contributed by atoms with Crippen molar-refractivity contribution in [2.45, 2.75) is 20.8 Å². The second-order valence-corrected chi connectivity index (χ2v) is 4.32. The predicted octanol–water partition coefficient (Wildman–Crippen LogP) is 3.19. The summed E-state index contributed by atoms with van der Waals surface area (Å²) in [5, 5.41) is 0.285. The van der Waals surface area contributed by atoms with Crippen molar-refractivity contribution in [3.63, 3.8) is 0 Å². The molecule has 0 amide bonds. The molecule has 70 valence electrons. The maximum atomic E-state index is 5.56. The Bertz CT molecular complexity index is 296. The van der Waals surface area contributed by atoms with Crippen LogP contribution in [0.25, 0.3) is 6.08 Å². The lowest BCUT2D eigenvalue weighted by molar-refractivity contribution is 0.547. The quantitative estimate of drug-likeness (QED) is 0.645. The number of hydrogen-bond donors (Lipinski definition) is 0. The van der Waals surface area contributed by atoms with Crippen molar-refractivity contribution >= 4 is 17.7 Å². The first kappa shape index (κ1) is 10.2. The zero-order valence-electron chi connectivity index (χ0n) is 8.08. The van der Waals surface area contributed by atoms with E-state index in [-0.39, 0.29) is 10.7 Å². The summed E-state index contributed by atoms with van der Waals surface area (Å²) in [5.41, 5.74) is 1.15. The van der Waals surface area contributed by atoms with Gasteiger partial charge in [-0.15, -0.1) is 0 Å². The van der Waals surface area contributed by atoms with Crippen LogP contribution in [0.15, 0.2) is 18.5 Å². The van der Waals surface area contributed by atoms with Crippen molar-refractivity contribution in [2.75, 3.05) is 0 Å². The molecule has 0 fully saturated rings. The number of halogens is 1. The molecule has 0 atom stereocenters. The molecule has 1 rings (SSSR count). The largest absolute Gasteiger partial charge is 0.226 e. The van der Waals surface area contributed by atoms with E-state index in [9.17, 15) is 0 Å². The van der Waals surface area contributed by atoms with Gasteiger partial charge in [0.05, 0.1) is 0 Å². The highest BCUT2D eigenvalue weighted by Gasteiger charge is 2.03. The first-order chi connectivity index (χ1) is 5.97. The van der Waals surface area contributed by atoms with Gasteiger partial charge in [-0.25, -0.2) is 9.97 Å². The van der Waals surface area contributed by atoms with E-state index in [4.69, 9.17) is 11.6 Å². The molecule has 2 nitrogen and oxygen atoms in total. The van der Waals surface area contributed by atoms with Crippen LogP contribution in [0.4, 0.5) is 0 Å². The average molecular weight is 197 g/mol. The fraction of sp³-hybridized carbons (Fsp3) is 0.400. The van der Waals surface area contributed by atoms with E-state index in [0.717, 1.165) is 5.56 Å². The summed E-state index contributed by atoms with van der Waals surface area (Å²) in [6.07, 6.45) is 7.52. The van der Waals surface area contributed by atoms with Crippen LogP contribution in [-0.2, 0) is 0 Å². The molecule has 1 heterocycles. The van der Waals surface area contributed by atoms with E-state index < -0.39 is 0 Å². The van der Waals surface area contributed by atoms with Gasteiger partial charge in [0.2, 0.25) is 5.28 Å². The lowest BCUT2D eigenvalue weighted by Gasteiger charge is -2.10. The molecule has 0 spiro atoms. The second kappa shape index (κ2) is 3.88. The van der Waals surface area contributed by atoms with Crippen molar-refractivity contribution in [3.8, 4) is 0 Å². The Morgan fingerprint density at radius 1 is 1.23 bits per heavy atom. The van der Waals surface area contributed by atoms with Gasteiger partial charge in [0.15, 0.2) is 0 Å². The third-order valence-corrected chi connectivity index (χ3v) is 1.61. The Kier molecular flexibility index (Phi) is 3.04. The molecule has 13 heavy (non-hydrogen) atoms. The van der Waals surface area contributed by atoms with Crippen LogP contribution in [0.3, 0.4) is 0 Å². The summed E-state index contributed by atoms with van der Waals surface area (Å²) in [7, 11) is 0. The smallest absolute Gasteiger partial charge is 0.222 e. The molecule has 3 heteroatoms. The maximum Gasteiger partial charge on any atom is 0.222 e. The lowest BCUT2D eigenvalue weighted by atomic mass is 9.96. The molecular weight excluding hydrogens is 184 g/mol. The Labute approximate surface area is 83.7 Å². The summed E-state index contributed by atoms with van der Waals surface area (Å²) in [5.74, 6) is 0. The van der Waals surface area contributed by atoms with E-state index in [1.807, 2.05) is 6.08 Å². The van der Waals surface area contributed by atoms with E-state index in [1.54, 1.807) is 12.4 Å². The van der Waals surface area contributed by atoms with E-state index in [0.29, 0.717) is 0 Å². The molecule has 0 aliphatic carbocycles. The van der Waals surface area contributed by atoms with Crippen LogP contribution in [0.2, 0.25) is 5.28 Å². The summed E-state index contributed by atoms with van der Waals surface area (Å²) in [6, 6.07) is 0. The van der Waals surface area contributed by atoms with Crippen LogP contribution in [-0.4, -0.2) is 9.97 Å². The summed E-state index contributed by atoms with van der Waals surface area (Å²) < 4.78 is 0. The molecule has 0 aliphatic rings. The number of rotatable bonds is 1. The minimum absolute atomic E-state index is 0.180. The highest BCUT2D eigenvalue weighted by Crippen LogP contribution is 2.16. The molecule has 1 aromatic rings. The van der Waals surface area contributed by atoms with Crippen molar-refractivity contribution < 1.29 is 0 Å². The molecule has 0 saturated carbocycles. The minimum atomic E-state index is 0.180. The van der Waals surface area contributed by atoms with Gasteiger partial charge < -0.3 is 0 Å². The van der Waals surface area contributed by atoms with Gasteiger partial charge in [-0.2, -0.15) is 0 Å². The Balaban J connectivity index is 2.75. The molecule has 0 bridgehead atoms. The summed E-state index contributed by atoms with van der Waals surface area (Å²) >= 11 is 5.56. The van der Waals surface area contributed by atoms with Crippen LogP contribution < -0.4 is 0 Å². The number of aromatic nitrogens is 2. The normalized spacial score (nSPS) is 12.3. The van der Waals surface area contributed by atoms with E-state index in [2.05, 4.69) is 36.8 Å². The first-order valence-electron chi connectivity index (χ1n) is 4.14. The molecule has 0 saturated heterocycles. The third-order valence-electron chi connectivity index (χ3n) is 1.42. The summed E-state index contributed by atoms with van der Waals surface area (Å²) in [4.78, 5) is 7.77. The molecule has 0 radical (unpaired) electrons. The molecule has 0 unspecified atom stereocenters. The van der Waals surface area contributed by atoms with Gasteiger partial charge >= 0.3 is 0 Å². The molecule has 0 aliphatic heterocycles. The molecule has 1 aromatic heterocycles. The first-order valence-corrected chi connectivity index (χ1v) is 4.52. The third kappa shape index (κ3) is 4.04. The maximum absolute atomic E-state index is 5.56. The van der Waals surface area contributed by atoms with Gasteiger partial charge in [0.25, 0.3) is 0 Å². The van der Waals surface area contributed by atoms with Crippen LogP contribution >= 0.6 is 11.6 Å². The average Bonchev–Trinajstić information content (AvgIpc) is 2.02. The Morgan fingerprint density at radius 3 is 2.23 bits per heavy atom. The Morgan fingerprint density at radius 2 is 1.77 bits per heavy atom. The van der Waals surface area contributed by atoms with Crippen molar-refractivity contribution in [1.29, 1.82) is 0 Å². The number of allylic oxidation sites excluding steroid dienone is 1. The van der Waals surface area contributed by atoms with E-state index in [1.165, 1.54) is 0 Å². The van der Waals surface area contributed by atoms with Crippen molar-refractivity contribution in [2.24, 2.45) is 5.41 Å². The lowest BCUT2D eigenvalue weighted by Crippen LogP contribution is -1.98. The van der Waals surface area contributed by atoms with Crippen LogP contribution in [0.5, 0.6) is 0 Å². The number of nitrogens with zero attached hydrogens (tertiary/aromatic N) is 2. The topological polar surface area (TPSA) is 25.8 Å². The van der Waals surface area contributed by atoms with Gasteiger partial charge in [-0.3, -0.25) is 0 Å². The second-order valence-electron chi connectivity index (χ2n) is 3.98. The zero-order valence-corrected chi connectivity index (χ0v) is 8.84. The zero-order chi connectivity index (χ0) is 9.90.